The summed E-state index contributed by atoms with van der Waals surface area (Å²) in [5.74, 6) is 2.06. The molecule has 3 heterocycles. The molecule has 0 aliphatic carbocycles. The van der Waals surface area contributed by atoms with Crippen LogP contribution in [0.2, 0.25) is 0 Å². The third-order valence-corrected chi connectivity index (χ3v) is 5.78. The molecule has 2 atom stereocenters. The van der Waals surface area contributed by atoms with Gasteiger partial charge in [-0.25, -0.2) is 4.79 Å². The molecule has 146 valence electrons. The van der Waals surface area contributed by atoms with E-state index >= 15 is 0 Å². The van der Waals surface area contributed by atoms with Gasteiger partial charge in [-0.2, -0.15) is 0 Å². The number of ether oxygens (including phenoxy) is 5. The second-order valence-electron chi connectivity index (χ2n) is 7.17. The van der Waals surface area contributed by atoms with Gasteiger partial charge in [-0.15, -0.1) is 0 Å². The van der Waals surface area contributed by atoms with Crippen molar-refractivity contribution in [1.82, 2.24) is 4.90 Å². The maximum absolute atomic E-state index is 12.7. The first-order valence-corrected chi connectivity index (χ1v) is 9.21. The van der Waals surface area contributed by atoms with Crippen LogP contribution in [0.25, 0.3) is 0 Å². The molecule has 7 heteroatoms. The number of likely N-dealkylation sites (N-methyl/N-ethyl adjacent to an activating group) is 1. The smallest absolute Gasteiger partial charge is 0.343 e. The molecule has 0 bridgehead atoms. The van der Waals surface area contributed by atoms with E-state index in [0.29, 0.717) is 28.6 Å². The van der Waals surface area contributed by atoms with Gasteiger partial charge in [-0.1, -0.05) is 6.07 Å². The Morgan fingerprint density at radius 3 is 2.64 bits per heavy atom. The van der Waals surface area contributed by atoms with Gasteiger partial charge in [-0.3, -0.25) is 4.90 Å². The van der Waals surface area contributed by atoms with E-state index in [0.717, 1.165) is 24.1 Å². The van der Waals surface area contributed by atoms with Gasteiger partial charge >= 0.3 is 5.97 Å². The van der Waals surface area contributed by atoms with Crippen LogP contribution in [0, 0.1) is 0 Å². The highest BCUT2D eigenvalue weighted by Crippen LogP contribution is 2.51. The average Bonchev–Trinajstić information content (AvgIpc) is 3.31. The topological polar surface area (TPSA) is 66.5 Å². The number of methoxy groups -OCH3 is 2. The molecule has 0 fully saturated rings. The number of carbonyl (C=O) groups excluding carboxylic acids is 1. The number of benzene rings is 2. The summed E-state index contributed by atoms with van der Waals surface area (Å²) in [4.78, 5) is 14.9. The van der Waals surface area contributed by atoms with Crippen molar-refractivity contribution in [2.45, 2.75) is 18.6 Å². The molecule has 0 saturated heterocycles. The number of rotatable bonds is 3. The normalized spacial score (nSPS) is 22.5. The second-order valence-corrected chi connectivity index (χ2v) is 7.17. The van der Waals surface area contributed by atoms with Crippen molar-refractivity contribution >= 4 is 5.97 Å². The van der Waals surface area contributed by atoms with Crippen molar-refractivity contribution in [3.05, 3.63) is 46.5 Å². The predicted octanol–water partition coefficient (Wildman–Crippen LogP) is 2.87. The maximum atomic E-state index is 12.7. The molecule has 28 heavy (non-hydrogen) atoms. The Hall–Kier alpha value is -2.93. The standard InChI is InChI=1S/C21H21NO6/c1-22-7-6-11-8-15(24-2)16(25-3)9-13(11)18(22)19-12-4-5-14-20(27-10-26-14)17(12)21(23)28-19/h4-5,8-9,18-19H,6-7,10H2,1-3H3/t18-,19+/m0/s1. The highest BCUT2D eigenvalue weighted by Gasteiger charge is 2.44. The van der Waals surface area contributed by atoms with Gasteiger partial charge < -0.3 is 23.7 Å². The second kappa shape index (κ2) is 6.31. The van der Waals surface area contributed by atoms with Crippen LogP contribution in [0.5, 0.6) is 23.0 Å². The van der Waals surface area contributed by atoms with Crippen LogP contribution in [-0.2, 0) is 11.2 Å². The number of fused-ring (bicyclic) bond motifs is 4. The van der Waals surface area contributed by atoms with E-state index < -0.39 is 6.10 Å². The Morgan fingerprint density at radius 2 is 1.86 bits per heavy atom. The van der Waals surface area contributed by atoms with Crippen molar-refractivity contribution in [2.75, 3.05) is 34.6 Å². The Labute approximate surface area is 162 Å². The largest absolute Gasteiger partial charge is 0.493 e. The summed E-state index contributed by atoms with van der Waals surface area (Å²) in [6, 6.07) is 7.63. The third-order valence-electron chi connectivity index (χ3n) is 5.78. The summed E-state index contributed by atoms with van der Waals surface area (Å²) in [6.07, 6.45) is 0.455. The molecule has 0 saturated carbocycles. The maximum Gasteiger partial charge on any atom is 0.343 e. The molecule has 0 amide bonds. The lowest BCUT2D eigenvalue weighted by molar-refractivity contribution is 0.00928. The molecule has 5 rings (SSSR count). The van der Waals surface area contributed by atoms with Crippen LogP contribution in [0.15, 0.2) is 24.3 Å². The number of esters is 1. The highest BCUT2D eigenvalue weighted by molar-refractivity contribution is 5.98. The molecule has 0 spiro atoms. The average molecular weight is 383 g/mol. The fourth-order valence-electron chi connectivity index (χ4n) is 4.40. The van der Waals surface area contributed by atoms with E-state index in [-0.39, 0.29) is 18.8 Å². The van der Waals surface area contributed by atoms with Crippen LogP contribution < -0.4 is 18.9 Å². The van der Waals surface area contributed by atoms with Gasteiger partial charge in [0.1, 0.15) is 11.7 Å². The lowest BCUT2D eigenvalue weighted by atomic mass is 9.86. The van der Waals surface area contributed by atoms with Crippen LogP contribution >= 0.6 is 0 Å². The monoisotopic (exact) mass is 383 g/mol. The van der Waals surface area contributed by atoms with Gasteiger partial charge in [0.25, 0.3) is 0 Å². The van der Waals surface area contributed by atoms with Gasteiger partial charge in [0.2, 0.25) is 6.79 Å². The number of carbonyl (C=O) groups is 1. The lowest BCUT2D eigenvalue weighted by Crippen LogP contribution is -2.36. The minimum Gasteiger partial charge on any atom is -0.493 e. The van der Waals surface area contributed by atoms with Gasteiger partial charge in [0.05, 0.1) is 20.3 Å². The summed E-state index contributed by atoms with van der Waals surface area (Å²) in [5.41, 5.74) is 3.55. The molecular weight excluding hydrogens is 362 g/mol. The van der Waals surface area contributed by atoms with Crippen molar-refractivity contribution in [1.29, 1.82) is 0 Å². The van der Waals surface area contributed by atoms with Gasteiger partial charge in [0.15, 0.2) is 23.0 Å². The summed E-state index contributed by atoms with van der Waals surface area (Å²) >= 11 is 0. The first kappa shape index (κ1) is 17.2. The Kier molecular flexibility index (Phi) is 3.87. The van der Waals surface area contributed by atoms with Gasteiger partial charge in [0, 0.05) is 12.1 Å². The van der Waals surface area contributed by atoms with Gasteiger partial charge in [-0.05, 0) is 42.8 Å². The van der Waals surface area contributed by atoms with Crippen molar-refractivity contribution in [3.63, 3.8) is 0 Å². The molecule has 7 nitrogen and oxygen atoms in total. The van der Waals surface area contributed by atoms with Crippen LogP contribution in [0.3, 0.4) is 0 Å². The van der Waals surface area contributed by atoms with Crippen LogP contribution in [0.4, 0.5) is 0 Å². The Bertz CT molecular complexity index is 972. The van der Waals surface area contributed by atoms with E-state index in [4.69, 9.17) is 23.7 Å². The van der Waals surface area contributed by atoms with E-state index in [2.05, 4.69) is 4.90 Å². The zero-order chi connectivity index (χ0) is 19.4. The molecule has 0 aromatic heterocycles. The SMILES string of the molecule is COc1cc2c(cc1OC)[C@@H]([C@@H]1OC(=O)c3c1ccc1c3OCO1)N(C)CC2. The molecule has 2 aromatic carbocycles. The van der Waals surface area contributed by atoms with Crippen molar-refractivity contribution < 1.29 is 28.5 Å². The van der Waals surface area contributed by atoms with Crippen molar-refractivity contribution in [3.8, 4) is 23.0 Å². The third kappa shape index (κ3) is 2.36. The zero-order valence-corrected chi connectivity index (χ0v) is 16.0. The number of hydrogen-bond acceptors (Lipinski definition) is 7. The van der Waals surface area contributed by atoms with E-state index in [9.17, 15) is 4.79 Å². The van der Waals surface area contributed by atoms with E-state index in [1.54, 1.807) is 14.2 Å². The lowest BCUT2D eigenvalue weighted by Gasteiger charge is -2.38. The molecule has 0 radical (unpaired) electrons. The van der Waals surface area contributed by atoms with E-state index in [1.165, 1.54) is 5.56 Å². The number of cyclic esters (lactones) is 1. The van der Waals surface area contributed by atoms with E-state index in [1.807, 2.05) is 31.3 Å². The predicted molar refractivity (Wildman–Crippen MR) is 99.3 cm³/mol. The molecule has 2 aromatic rings. The molecule has 3 aliphatic heterocycles. The Balaban J connectivity index is 1.63. The van der Waals surface area contributed by atoms with Crippen LogP contribution in [-0.4, -0.2) is 45.5 Å². The quantitative estimate of drug-likeness (QED) is 0.755. The first-order chi connectivity index (χ1) is 13.6. The first-order valence-electron chi connectivity index (χ1n) is 9.21. The molecule has 0 unspecified atom stereocenters. The summed E-state index contributed by atoms with van der Waals surface area (Å²) in [6.45, 7) is 0.966. The molecule has 3 aliphatic rings. The summed E-state index contributed by atoms with van der Waals surface area (Å²) < 4.78 is 27.8. The molecule has 0 N–H and O–H groups in total. The minimum atomic E-state index is -0.431. The minimum absolute atomic E-state index is 0.118. The molecular formula is C21H21NO6. The van der Waals surface area contributed by atoms with Crippen molar-refractivity contribution in [2.24, 2.45) is 0 Å². The number of hydrogen-bond donors (Lipinski definition) is 0. The highest BCUT2D eigenvalue weighted by atomic mass is 16.7. The summed E-state index contributed by atoms with van der Waals surface area (Å²) in [5, 5.41) is 0. The fourth-order valence-corrected chi connectivity index (χ4v) is 4.40. The number of nitrogens with zero attached hydrogens (tertiary/aromatic N) is 1. The fraction of sp³-hybridized carbons (Fsp3) is 0.381. The van der Waals surface area contributed by atoms with Crippen LogP contribution in [0.1, 0.15) is 39.2 Å². The Morgan fingerprint density at radius 1 is 1.07 bits per heavy atom. The zero-order valence-electron chi connectivity index (χ0n) is 16.0. The summed E-state index contributed by atoms with van der Waals surface area (Å²) in [7, 11) is 5.30.